The number of hydrogen-bond acceptors (Lipinski definition) is 3. The van der Waals surface area contributed by atoms with E-state index < -0.39 is 11.9 Å². The molecule has 1 atom stereocenters. The molecule has 0 saturated heterocycles. The van der Waals surface area contributed by atoms with Crippen molar-refractivity contribution in [2.45, 2.75) is 58.8 Å². The number of Topliss-reactive ketones (excluding diaryl/α,β-unsaturated/α-hetero) is 1. The lowest BCUT2D eigenvalue weighted by atomic mass is 9.88. The fourth-order valence-electron chi connectivity index (χ4n) is 2.50. The maximum absolute atomic E-state index is 12.3. The summed E-state index contributed by atoms with van der Waals surface area (Å²) in [6, 6.07) is 7.81. The number of carbonyl (C=O) groups excluding carboxylic acids is 2. The molecule has 0 aromatic heterocycles. The average molecular weight is 304 g/mol. The fourth-order valence-corrected chi connectivity index (χ4v) is 2.50. The second kappa shape index (κ2) is 9.39. The molecule has 3 heteroatoms. The van der Waals surface area contributed by atoms with Crippen molar-refractivity contribution in [2.24, 2.45) is 5.92 Å². The number of esters is 1. The molecule has 0 N–H and O–H groups in total. The third kappa shape index (κ3) is 5.28. The van der Waals surface area contributed by atoms with Crippen molar-refractivity contribution >= 4 is 11.8 Å². The number of ether oxygens (including phenoxy) is 1. The molecule has 1 aromatic carbocycles. The Morgan fingerprint density at radius 3 is 2.18 bits per heavy atom. The summed E-state index contributed by atoms with van der Waals surface area (Å²) in [5.41, 5.74) is 1.98. The van der Waals surface area contributed by atoms with Gasteiger partial charge in [-0.15, -0.1) is 0 Å². The molecule has 1 unspecified atom stereocenters. The van der Waals surface area contributed by atoms with Crippen LogP contribution in [0.15, 0.2) is 24.3 Å². The van der Waals surface area contributed by atoms with Crippen molar-refractivity contribution < 1.29 is 14.3 Å². The predicted octanol–water partition coefficient (Wildman–Crippen LogP) is 4.29. The van der Waals surface area contributed by atoms with Crippen molar-refractivity contribution in [2.75, 3.05) is 7.11 Å². The van der Waals surface area contributed by atoms with Crippen molar-refractivity contribution in [3.63, 3.8) is 0 Å². The smallest absolute Gasteiger partial charge is 0.320 e. The molecule has 0 fully saturated rings. The molecule has 0 spiro atoms. The first kappa shape index (κ1) is 18.4. The van der Waals surface area contributed by atoms with Crippen LogP contribution in [-0.2, 0) is 20.7 Å². The van der Waals surface area contributed by atoms with Crippen LogP contribution in [0.2, 0.25) is 0 Å². The van der Waals surface area contributed by atoms with E-state index in [-0.39, 0.29) is 11.7 Å². The number of ketones is 1. The van der Waals surface area contributed by atoms with E-state index in [0.29, 0.717) is 0 Å². The van der Waals surface area contributed by atoms with Gasteiger partial charge in [0.05, 0.1) is 7.11 Å². The van der Waals surface area contributed by atoms with Gasteiger partial charge in [-0.25, -0.2) is 0 Å². The SMILES string of the molecule is CCCCCCc1ccc(C(C(=O)OC)C(=O)C(C)C)cc1. The van der Waals surface area contributed by atoms with Gasteiger partial charge in [0, 0.05) is 5.92 Å². The molecule has 22 heavy (non-hydrogen) atoms. The largest absolute Gasteiger partial charge is 0.468 e. The first-order valence-corrected chi connectivity index (χ1v) is 8.21. The van der Waals surface area contributed by atoms with Gasteiger partial charge in [0.25, 0.3) is 0 Å². The molecule has 0 bridgehead atoms. The molecule has 0 aliphatic carbocycles. The third-order valence-electron chi connectivity index (χ3n) is 3.92. The van der Waals surface area contributed by atoms with E-state index >= 15 is 0 Å². The summed E-state index contributed by atoms with van der Waals surface area (Å²) < 4.78 is 4.80. The van der Waals surface area contributed by atoms with Gasteiger partial charge >= 0.3 is 5.97 Å². The minimum atomic E-state index is -0.806. The number of unbranched alkanes of at least 4 members (excludes halogenated alkanes) is 3. The molecule has 0 aliphatic rings. The summed E-state index contributed by atoms with van der Waals surface area (Å²) in [5.74, 6) is -1.58. The Hall–Kier alpha value is -1.64. The van der Waals surface area contributed by atoms with Crippen LogP contribution >= 0.6 is 0 Å². The van der Waals surface area contributed by atoms with E-state index in [1.54, 1.807) is 13.8 Å². The Balaban J connectivity index is 2.80. The van der Waals surface area contributed by atoms with Gasteiger partial charge in [-0.05, 0) is 24.0 Å². The molecule has 0 saturated carbocycles. The quantitative estimate of drug-likeness (QED) is 0.388. The maximum Gasteiger partial charge on any atom is 0.320 e. The Bertz CT molecular complexity index is 474. The molecule has 1 rings (SSSR count). The maximum atomic E-state index is 12.3. The summed E-state index contributed by atoms with van der Waals surface area (Å²) in [5, 5.41) is 0. The zero-order valence-electron chi connectivity index (χ0n) is 14.2. The van der Waals surface area contributed by atoms with Crippen LogP contribution in [0.25, 0.3) is 0 Å². The van der Waals surface area contributed by atoms with Gasteiger partial charge in [0.15, 0.2) is 5.78 Å². The third-order valence-corrected chi connectivity index (χ3v) is 3.92. The van der Waals surface area contributed by atoms with Gasteiger partial charge in [-0.1, -0.05) is 64.3 Å². The van der Waals surface area contributed by atoms with E-state index in [2.05, 4.69) is 6.92 Å². The molecule has 3 nitrogen and oxygen atoms in total. The standard InChI is InChI=1S/C19H28O3/c1-5-6-7-8-9-15-10-12-16(13-11-15)17(19(21)22-4)18(20)14(2)3/h10-14,17H,5-9H2,1-4H3. The number of benzene rings is 1. The second-order valence-electron chi connectivity index (χ2n) is 6.07. The van der Waals surface area contributed by atoms with E-state index in [4.69, 9.17) is 4.74 Å². The summed E-state index contributed by atoms with van der Waals surface area (Å²) in [7, 11) is 1.32. The van der Waals surface area contributed by atoms with Gasteiger partial charge in [-0.2, -0.15) is 0 Å². The van der Waals surface area contributed by atoms with Crippen LogP contribution in [-0.4, -0.2) is 18.9 Å². The minimum Gasteiger partial charge on any atom is -0.468 e. The normalized spacial score (nSPS) is 12.2. The summed E-state index contributed by atoms with van der Waals surface area (Å²) in [4.78, 5) is 24.2. The van der Waals surface area contributed by atoms with E-state index in [9.17, 15) is 9.59 Å². The Morgan fingerprint density at radius 2 is 1.68 bits per heavy atom. The number of hydrogen-bond donors (Lipinski definition) is 0. The highest BCUT2D eigenvalue weighted by molar-refractivity contribution is 6.05. The van der Waals surface area contributed by atoms with Crippen LogP contribution in [0.4, 0.5) is 0 Å². The van der Waals surface area contributed by atoms with Crippen molar-refractivity contribution in [1.82, 2.24) is 0 Å². The Labute approximate surface area is 134 Å². The molecule has 1 aromatic rings. The minimum absolute atomic E-state index is 0.0949. The van der Waals surface area contributed by atoms with Crippen molar-refractivity contribution in [3.8, 4) is 0 Å². The Morgan fingerprint density at radius 1 is 1.05 bits per heavy atom. The van der Waals surface area contributed by atoms with Crippen molar-refractivity contribution in [1.29, 1.82) is 0 Å². The summed E-state index contributed by atoms with van der Waals surface area (Å²) >= 11 is 0. The van der Waals surface area contributed by atoms with E-state index in [1.807, 2.05) is 24.3 Å². The Kier molecular flexibility index (Phi) is 7.86. The lowest BCUT2D eigenvalue weighted by Gasteiger charge is -2.16. The van der Waals surface area contributed by atoms with Crippen LogP contribution in [0.5, 0.6) is 0 Å². The summed E-state index contributed by atoms with van der Waals surface area (Å²) in [6.45, 7) is 5.81. The van der Waals surface area contributed by atoms with Gasteiger partial charge in [0.2, 0.25) is 0 Å². The molecular weight excluding hydrogens is 276 g/mol. The number of aryl methyl sites for hydroxylation is 1. The molecule has 0 amide bonds. The lowest BCUT2D eigenvalue weighted by Crippen LogP contribution is -2.26. The average Bonchev–Trinajstić information content (AvgIpc) is 2.52. The van der Waals surface area contributed by atoms with Crippen LogP contribution < -0.4 is 0 Å². The number of carbonyl (C=O) groups is 2. The van der Waals surface area contributed by atoms with Crippen LogP contribution in [0.1, 0.15) is 63.5 Å². The highest BCUT2D eigenvalue weighted by atomic mass is 16.5. The van der Waals surface area contributed by atoms with Gasteiger partial charge < -0.3 is 4.74 Å². The highest BCUT2D eigenvalue weighted by Crippen LogP contribution is 2.23. The fraction of sp³-hybridized carbons (Fsp3) is 0.579. The van der Waals surface area contributed by atoms with Gasteiger partial charge in [-0.3, -0.25) is 9.59 Å². The van der Waals surface area contributed by atoms with Gasteiger partial charge in [0.1, 0.15) is 5.92 Å². The molecule has 122 valence electrons. The number of methoxy groups -OCH3 is 1. The van der Waals surface area contributed by atoms with Crippen molar-refractivity contribution in [3.05, 3.63) is 35.4 Å². The number of rotatable bonds is 9. The second-order valence-corrected chi connectivity index (χ2v) is 6.07. The van der Waals surface area contributed by atoms with Crippen LogP contribution in [0, 0.1) is 5.92 Å². The lowest BCUT2D eigenvalue weighted by molar-refractivity contribution is -0.146. The first-order chi connectivity index (χ1) is 10.5. The highest BCUT2D eigenvalue weighted by Gasteiger charge is 2.30. The zero-order valence-corrected chi connectivity index (χ0v) is 14.2. The molecule has 0 heterocycles. The van der Waals surface area contributed by atoms with E-state index in [1.165, 1.54) is 38.4 Å². The molecule has 0 aliphatic heterocycles. The topological polar surface area (TPSA) is 43.4 Å². The first-order valence-electron chi connectivity index (χ1n) is 8.21. The molecular formula is C19H28O3. The summed E-state index contributed by atoms with van der Waals surface area (Å²) in [6.07, 6.45) is 5.97. The predicted molar refractivity (Wildman–Crippen MR) is 88.9 cm³/mol. The van der Waals surface area contributed by atoms with Crippen LogP contribution in [0.3, 0.4) is 0 Å². The molecule has 0 radical (unpaired) electrons. The monoisotopic (exact) mass is 304 g/mol. The zero-order chi connectivity index (χ0) is 16.5. The van der Waals surface area contributed by atoms with E-state index in [0.717, 1.165) is 12.0 Å².